The molecule has 4 rings (SSSR count). The van der Waals surface area contributed by atoms with E-state index in [0.29, 0.717) is 31.8 Å². The molecule has 8 heteroatoms. The Balaban J connectivity index is 1.37. The molecule has 146 valence electrons. The van der Waals surface area contributed by atoms with Gasteiger partial charge in [0.1, 0.15) is 5.71 Å². The topological polar surface area (TPSA) is 83.9 Å². The molecule has 7 nitrogen and oxygen atoms in total. The van der Waals surface area contributed by atoms with Crippen LogP contribution in [0.25, 0.3) is 0 Å². The van der Waals surface area contributed by atoms with Crippen molar-refractivity contribution in [3.63, 3.8) is 0 Å². The number of thiophene rings is 1. The lowest BCUT2D eigenvalue weighted by Gasteiger charge is -2.38. The molecule has 28 heavy (non-hydrogen) atoms. The second-order valence-corrected chi connectivity index (χ2v) is 8.21. The highest BCUT2D eigenvalue weighted by Crippen LogP contribution is 2.34. The van der Waals surface area contributed by atoms with Crippen LogP contribution in [0.1, 0.15) is 40.1 Å². The molecule has 2 aromatic heterocycles. The zero-order valence-corrected chi connectivity index (χ0v) is 16.5. The predicted molar refractivity (Wildman–Crippen MR) is 106 cm³/mol. The second kappa shape index (κ2) is 7.71. The Morgan fingerprint density at radius 2 is 2.14 bits per heavy atom. The Morgan fingerprint density at radius 3 is 2.89 bits per heavy atom. The Bertz CT molecular complexity index is 911. The van der Waals surface area contributed by atoms with E-state index in [9.17, 15) is 9.59 Å². The average molecular weight is 398 g/mol. The van der Waals surface area contributed by atoms with E-state index in [0.717, 1.165) is 28.8 Å². The minimum absolute atomic E-state index is 0.0331. The molecule has 2 aliphatic rings. The maximum Gasteiger partial charge on any atom is 0.269 e. The molecule has 0 saturated carbocycles. The SMILES string of the molecule is Cc1ccsc1C(=O)N1CCC[C@]2(CC(C(=O)NCc3ccncc3)=NO2)C1. The molecule has 2 amide bonds. The fraction of sp³-hybridized carbons (Fsp3) is 0.400. The number of aryl methyl sites for hydroxylation is 1. The van der Waals surface area contributed by atoms with Crippen molar-refractivity contribution in [2.45, 2.75) is 38.3 Å². The Morgan fingerprint density at radius 1 is 1.32 bits per heavy atom. The Labute approximate surface area is 167 Å². The van der Waals surface area contributed by atoms with Crippen LogP contribution in [-0.2, 0) is 16.2 Å². The first-order valence-corrected chi connectivity index (χ1v) is 10.2. The molecule has 2 aliphatic heterocycles. The number of hydrogen-bond acceptors (Lipinski definition) is 6. The molecule has 0 radical (unpaired) electrons. The first-order valence-electron chi connectivity index (χ1n) is 9.32. The maximum atomic E-state index is 12.9. The summed E-state index contributed by atoms with van der Waals surface area (Å²) < 4.78 is 0. The lowest BCUT2D eigenvalue weighted by atomic mass is 9.88. The van der Waals surface area contributed by atoms with Crippen molar-refractivity contribution in [2.24, 2.45) is 5.16 Å². The highest BCUT2D eigenvalue weighted by Gasteiger charge is 2.45. The zero-order chi connectivity index (χ0) is 19.6. The monoisotopic (exact) mass is 398 g/mol. The number of carbonyl (C=O) groups is 2. The molecule has 4 heterocycles. The molecule has 0 bridgehead atoms. The lowest BCUT2D eigenvalue weighted by Crippen LogP contribution is -2.51. The van der Waals surface area contributed by atoms with Gasteiger partial charge in [-0.3, -0.25) is 14.6 Å². The van der Waals surface area contributed by atoms with Crippen molar-refractivity contribution >= 4 is 28.9 Å². The van der Waals surface area contributed by atoms with Crippen LogP contribution in [0.3, 0.4) is 0 Å². The van der Waals surface area contributed by atoms with Crippen LogP contribution in [0.15, 0.2) is 41.1 Å². The number of carbonyl (C=O) groups excluding carboxylic acids is 2. The first-order chi connectivity index (χ1) is 13.6. The smallest absolute Gasteiger partial charge is 0.269 e. The molecule has 0 unspecified atom stereocenters. The van der Waals surface area contributed by atoms with E-state index in [-0.39, 0.29) is 11.8 Å². The molecule has 1 spiro atoms. The van der Waals surface area contributed by atoms with Gasteiger partial charge in [-0.15, -0.1) is 11.3 Å². The summed E-state index contributed by atoms with van der Waals surface area (Å²) in [5.41, 5.74) is 1.76. The number of nitrogens with one attached hydrogen (secondary N) is 1. The number of hydrogen-bond donors (Lipinski definition) is 1. The van der Waals surface area contributed by atoms with E-state index in [1.807, 2.05) is 35.4 Å². The molecular weight excluding hydrogens is 376 g/mol. The minimum atomic E-state index is -0.595. The van der Waals surface area contributed by atoms with Gasteiger partial charge in [0.05, 0.1) is 11.4 Å². The average Bonchev–Trinajstić information content (AvgIpc) is 3.33. The minimum Gasteiger partial charge on any atom is -0.386 e. The van der Waals surface area contributed by atoms with E-state index in [1.165, 1.54) is 11.3 Å². The third-order valence-electron chi connectivity index (χ3n) is 5.19. The second-order valence-electron chi connectivity index (χ2n) is 7.29. The van der Waals surface area contributed by atoms with E-state index < -0.39 is 5.60 Å². The van der Waals surface area contributed by atoms with Crippen LogP contribution < -0.4 is 5.32 Å². The van der Waals surface area contributed by atoms with E-state index in [2.05, 4.69) is 15.5 Å². The van der Waals surface area contributed by atoms with Crippen LogP contribution in [0.2, 0.25) is 0 Å². The number of oxime groups is 1. The maximum absolute atomic E-state index is 12.9. The summed E-state index contributed by atoms with van der Waals surface area (Å²) in [5.74, 6) is -0.197. The number of likely N-dealkylation sites (tertiary alicyclic amines) is 1. The van der Waals surface area contributed by atoms with Gasteiger partial charge in [-0.05, 0) is 54.5 Å². The van der Waals surface area contributed by atoms with Gasteiger partial charge in [-0.1, -0.05) is 5.16 Å². The van der Waals surface area contributed by atoms with Gasteiger partial charge in [0.25, 0.3) is 11.8 Å². The first kappa shape index (κ1) is 18.6. The molecular formula is C20H22N4O3S. The molecule has 1 fully saturated rings. The van der Waals surface area contributed by atoms with Crippen molar-refractivity contribution in [3.8, 4) is 0 Å². The number of aromatic nitrogens is 1. The van der Waals surface area contributed by atoms with Gasteiger partial charge < -0.3 is 15.1 Å². The fourth-order valence-electron chi connectivity index (χ4n) is 3.65. The van der Waals surface area contributed by atoms with Gasteiger partial charge in [0.2, 0.25) is 0 Å². The van der Waals surface area contributed by atoms with Crippen molar-refractivity contribution in [1.29, 1.82) is 0 Å². The lowest BCUT2D eigenvalue weighted by molar-refractivity contribution is -0.115. The normalized spacial score (nSPS) is 21.3. The third-order valence-corrected chi connectivity index (χ3v) is 6.19. The summed E-state index contributed by atoms with van der Waals surface area (Å²) >= 11 is 1.46. The molecule has 1 atom stereocenters. The van der Waals surface area contributed by atoms with Crippen LogP contribution in [0.4, 0.5) is 0 Å². The van der Waals surface area contributed by atoms with Gasteiger partial charge in [0.15, 0.2) is 5.60 Å². The number of amides is 2. The van der Waals surface area contributed by atoms with E-state index in [4.69, 9.17) is 4.84 Å². The molecule has 1 N–H and O–H groups in total. The van der Waals surface area contributed by atoms with Gasteiger partial charge in [0, 0.05) is 31.9 Å². The van der Waals surface area contributed by atoms with Crippen LogP contribution >= 0.6 is 11.3 Å². The molecule has 2 aromatic rings. The van der Waals surface area contributed by atoms with E-state index in [1.54, 1.807) is 12.4 Å². The predicted octanol–water partition coefficient (Wildman–Crippen LogP) is 2.52. The number of rotatable bonds is 4. The van der Waals surface area contributed by atoms with Crippen LogP contribution in [0.5, 0.6) is 0 Å². The fourth-order valence-corrected chi connectivity index (χ4v) is 4.55. The van der Waals surface area contributed by atoms with Crippen molar-refractivity contribution in [2.75, 3.05) is 13.1 Å². The molecule has 0 aliphatic carbocycles. The molecule has 1 saturated heterocycles. The zero-order valence-electron chi connectivity index (χ0n) is 15.7. The van der Waals surface area contributed by atoms with E-state index >= 15 is 0 Å². The van der Waals surface area contributed by atoms with Gasteiger partial charge >= 0.3 is 0 Å². The summed E-state index contributed by atoms with van der Waals surface area (Å²) in [6.07, 6.45) is 5.41. The van der Waals surface area contributed by atoms with Gasteiger partial charge in [-0.25, -0.2) is 0 Å². The van der Waals surface area contributed by atoms with Crippen molar-refractivity contribution in [3.05, 3.63) is 52.0 Å². The summed E-state index contributed by atoms with van der Waals surface area (Å²) in [6.45, 7) is 3.51. The van der Waals surface area contributed by atoms with Crippen LogP contribution in [-0.4, -0.2) is 46.1 Å². The Hall–Kier alpha value is -2.74. The number of nitrogens with zero attached hydrogens (tertiary/aromatic N) is 3. The largest absolute Gasteiger partial charge is 0.386 e. The summed E-state index contributed by atoms with van der Waals surface area (Å²) in [6, 6.07) is 5.66. The standard InChI is InChI=1S/C20H22N4O3S/c1-14-5-10-28-17(14)19(26)24-9-2-6-20(13-24)11-16(23-27-20)18(25)22-12-15-3-7-21-8-4-15/h3-5,7-8,10H,2,6,9,11-13H2,1H3,(H,22,25)/t20-/m0/s1. The van der Waals surface area contributed by atoms with Crippen molar-refractivity contribution in [1.82, 2.24) is 15.2 Å². The molecule has 0 aromatic carbocycles. The number of pyridine rings is 1. The summed E-state index contributed by atoms with van der Waals surface area (Å²) in [5, 5.41) is 8.86. The number of piperidine rings is 1. The Kier molecular flexibility index (Phi) is 5.13. The summed E-state index contributed by atoms with van der Waals surface area (Å²) in [7, 11) is 0. The summed E-state index contributed by atoms with van der Waals surface area (Å²) in [4.78, 5) is 37.6. The van der Waals surface area contributed by atoms with Crippen molar-refractivity contribution < 1.29 is 14.4 Å². The third kappa shape index (κ3) is 3.77. The highest BCUT2D eigenvalue weighted by atomic mass is 32.1. The van der Waals surface area contributed by atoms with Gasteiger partial charge in [-0.2, -0.15) is 0 Å². The quantitative estimate of drug-likeness (QED) is 0.858. The van der Waals surface area contributed by atoms with Crippen LogP contribution in [0, 0.1) is 6.92 Å². The highest BCUT2D eigenvalue weighted by molar-refractivity contribution is 7.12.